The minimum atomic E-state index is -1.44. The van der Waals surface area contributed by atoms with E-state index >= 15 is 4.39 Å². The van der Waals surface area contributed by atoms with Crippen LogP contribution in [-0.2, 0) is 17.8 Å². The fraction of sp³-hybridized carbons (Fsp3) is 0.448. The maximum Gasteiger partial charge on any atom is 0.252 e. The van der Waals surface area contributed by atoms with Crippen molar-refractivity contribution in [2.24, 2.45) is 5.73 Å². The predicted molar refractivity (Wildman–Crippen MR) is 145 cm³/mol. The Labute approximate surface area is 231 Å². The lowest BCUT2D eigenvalue weighted by Gasteiger charge is -2.35. The largest absolute Gasteiger partial charge is 0.489 e. The second-order valence-corrected chi connectivity index (χ2v) is 11.1. The average molecular weight is 552 g/mol. The molecule has 2 aromatic heterocycles. The van der Waals surface area contributed by atoms with Crippen LogP contribution in [0.25, 0.3) is 11.1 Å². The summed E-state index contributed by atoms with van der Waals surface area (Å²) in [7, 11) is 0. The van der Waals surface area contributed by atoms with Gasteiger partial charge in [-0.05, 0) is 56.5 Å². The average Bonchev–Trinajstić information content (AvgIpc) is 3.60. The number of amides is 2. The molecule has 2 atom stereocenters. The number of alkyl halides is 1. The molecule has 3 heterocycles. The number of aromatic nitrogens is 3. The van der Waals surface area contributed by atoms with Crippen molar-refractivity contribution < 1.29 is 28.6 Å². The molecule has 1 aliphatic carbocycles. The minimum Gasteiger partial charge on any atom is -0.489 e. The van der Waals surface area contributed by atoms with E-state index < -0.39 is 23.8 Å². The lowest BCUT2D eigenvalue weighted by Crippen LogP contribution is -2.49. The number of nitrogens with zero attached hydrogens (tertiary/aromatic N) is 4. The Morgan fingerprint density at radius 2 is 1.93 bits per heavy atom. The molecule has 1 saturated carbocycles. The molecule has 11 heteroatoms. The van der Waals surface area contributed by atoms with Gasteiger partial charge in [0.05, 0.1) is 49.2 Å². The highest BCUT2D eigenvalue weighted by Crippen LogP contribution is 2.30. The van der Waals surface area contributed by atoms with E-state index in [2.05, 4.69) is 10.1 Å². The summed E-state index contributed by atoms with van der Waals surface area (Å²) >= 11 is 0. The highest BCUT2D eigenvalue weighted by molar-refractivity contribution is 5.97. The summed E-state index contributed by atoms with van der Waals surface area (Å²) in [5.41, 5.74) is 6.82. The molecular weight excluding hydrogens is 517 g/mol. The van der Waals surface area contributed by atoms with Gasteiger partial charge in [0.2, 0.25) is 5.91 Å². The lowest BCUT2D eigenvalue weighted by atomic mass is 10.0. The Morgan fingerprint density at radius 3 is 2.58 bits per heavy atom. The van der Waals surface area contributed by atoms with E-state index in [0.717, 1.165) is 18.4 Å². The van der Waals surface area contributed by atoms with Crippen LogP contribution >= 0.6 is 0 Å². The number of rotatable bonds is 10. The number of ether oxygens (including phenoxy) is 2. The standard InChI is InChI=1S/C29H34FN5O5/c1-29(2,38)17-35-15-19(13-33-35)18-3-8-25(23(11-18)28(31)37)40-26-9-10-34(16-24(26)30)27(36)12-20-4-5-22(14-32-20)39-21-6-7-21/h3-5,8,11,13-15,21,24,26,38H,6-7,9-10,12,16-17H2,1-2H3,(H2,31,37)/t24-,26+/m0/s1. The third-order valence-corrected chi connectivity index (χ3v) is 6.83. The number of hydrogen-bond donors (Lipinski definition) is 2. The number of benzene rings is 1. The lowest BCUT2D eigenvalue weighted by molar-refractivity contribution is -0.134. The van der Waals surface area contributed by atoms with E-state index in [4.69, 9.17) is 15.2 Å². The van der Waals surface area contributed by atoms with Gasteiger partial charge < -0.3 is 25.2 Å². The highest BCUT2D eigenvalue weighted by atomic mass is 19.1. The molecule has 0 bridgehead atoms. The van der Waals surface area contributed by atoms with Gasteiger partial charge in [0.25, 0.3) is 5.91 Å². The summed E-state index contributed by atoms with van der Waals surface area (Å²) in [6, 6.07) is 8.48. The van der Waals surface area contributed by atoms with Crippen molar-refractivity contribution >= 4 is 11.8 Å². The first-order valence-corrected chi connectivity index (χ1v) is 13.4. The second-order valence-electron chi connectivity index (χ2n) is 11.1. The number of aliphatic hydroxyl groups is 1. The number of primary amides is 1. The van der Waals surface area contributed by atoms with Crippen LogP contribution in [0.3, 0.4) is 0 Å². The van der Waals surface area contributed by atoms with Crippen LogP contribution in [0.5, 0.6) is 11.5 Å². The molecule has 40 heavy (non-hydrogen) atoms. The van der Waals surface area contributed by atoms with Crippen molar-refractivity contribution in [2.45, 2.75) is 70.1 Å². The van der Waals surface area contributed by atoms with E-state index in [0.29, 0.717) is 30.1 Å². The minimum absolute atomic E-state index is 0.0711. The third-order valence-electron chi connectivity index (χ3n) is 6.83. The van der Waals surface area contributed by atoms with Crippen molar-refractivity contribution in [1.29, 1.82) is 0 Å². The number of pyridine rings is 1. The summed E-state index contributed by atoms with van der Waals surface area (Å²) < 4.78 is 28.4. The zero-order chi connectivity index (χ0) is 28.4. The van der Waals surface area contributed by atoms with Gasteiger partial charge >= 0.3 is 0 Å². The summed E-state index contributed by atoms with van der Waals surface area (Å²) in [6.45, 7) is 3.87. The van der Waals surface area contributed by atoms with Crippen molar-refractivity contribution in [3.05, 3.63) is 60.2 Å². The molecule has 2 aliphatic rings. The van der Waals surface area contributed by atoms with Crippen LogP contribution in [0.2, 0.25) is 0 Å². The van der Waals surface area contributed by atoms with E-state index in [1.807, 2.05) is 0 Å². The Balaban J connectivity index is 1.19. The van der Waals surface area contributed by atoms with E-state index in [9.17, 15) is 14.7 Å². The molecule has 2 fully saturated rings. The molecule has 0 spiro atoms. The Morgan fingerprint density at radius 1 is 1.12 bits per heavy atom. The molecule has 0 unspecified atom stereocenters. The summed E-state index contributed by atoms with van der Waals surface area (Å²) in [6.07, 6.45) is 5.43. The first kappa shape index (κ1) is 27.6. The summed E-state index contributed by atoms with van der Waals surface area (Å²) in [5, 5.41) is 14.3. The third kappa shape index (κ3) is 6.95. The molecule has 2 amide bonds. The number of nitrogens with two attached hydrogens (primary N) is 1. The second kappa shape index (κ2) is 11.2. The summed E-state index contributed by atoms with van der Waals surface area (Å²) in [5.74, 6) is -0.0449. The van der Waals surface area contributed by atoms with Crippen LogP contribution < -0.4 is 15.2 Å². The number of hydrogen-bond acceptors (Lipinski definition) is 7. The fourth-order valence-corrected chi connectivity index (χ4v) is 4.64. The SMILES string of the molecule is CC(C)(O)Cn1cc(-c2ccc(O[C@@H]3CCN(C(=O)Cc4ccc(OC5CC5)cn4)C[C@@H]3F)c(C(N)=O)c2)cn1. The van der Waals surface area contributed by atoms with Gasteiger partial charge in [0.15, 0.2) is 6.17 Å². The van der Waals surface area contributed by atoms with Gasteiger partial charge in [-0.25, -0.2) is 4.39 Å². The predicted octanol–water partition coefficient (Wildman–Crippen LogP) is 2.92. The molecule has 1 aliphatic heterocycles. The smallest absolute Gasteiger partial charge is 0.252 e. The number of likely N-dealkylation sites (tertiary alicyclic amines) is 1. The van der Waals surface area contributed by atoms with Crippen molar-refractivity contribution in [1.82, 2.24) is 19.7 Å². The number of carbonyl (C=O) groups is 2. The van der Waals surface area contributed by atoms with Crippen LogP contribution in [0.1, 0.15) is 49.2 Å². The summed E-state index contributed by atoms with van der Waals surface area (Å²) in [4.78, 5) is 30.8. The van der Waals surface area contributed by atoms with Gasteiger partial charge in [-0.2, -0.15) is 5.10 Å². The van der Waals surface area contributed by atoms with E-state index in [1.165, 1.54) is 4.90 Å². The van der Waals surface area contributed by atoms with Gasteiger partial charge in [0, 0.05) is 30.4 Å². The molecule has 1 saturated heterocycles. The fourth-order valence-electron chi connectivity index (χ4n) is 4.64. The van der Waals surface area contributed by atoms with Gasteiger partial charge in [-0.3, -0.25) is 19.3 Å². The van der Waals surface area contributed by atoms with Gasteiger partial charge in [-0.1, -0.05) is 6.07 Å². The Bertz CT molecular complexity index is 1370. The van der Waals surface area contributed by atoms with E-state index in [1.54, 1.807) is 67.5 Å². The molecule has 3 aromatic rings. The normalized spacial score (nSPS) is 19.4. The maximum absolute atomic E-state index is 15.2. The first-order valence-electron chi connectivity index (χ1n) is 13.4. The number of piperidine rings is 1. The molecule has 1 aromatic carbocycles. The zero-order valence-corrected chi connectivity index (χ0v) is 22.6. The van der Waals surface area contributed by atoms with Crippen molar-refractivity contribution in [2.75, 3.05) is 13.1 Å². The number of carbonyl (C=O) groups excluding carboxylic acids is 2. The molecular formula is C29H34FN5O5. The van der Waals surface area contributed by atoms with E-state index in [-0.39, 0.29) is 42.7 Å². The first-order chi connectivity index (χ1) is 19.0. The monoisotopic (exact) mass is 551 g/mol. The molecule has 10 nitrogen and oxygen atoms in total. The van der Waals surface area contributed by atoms with Crippen LogP contribution in [0.15, 0.2) is 48.9 Å². The number of halogens is 1. The van der Waals surface area contributed by atoms with Crippen LogP contribution in [0, 0.1) is 0 Å². The molecule has 0 radical (unpaired) electrons. The van der Waals surface area contributed by atoms with Crippen molar-refractivity contribution in [3.8, 4) is 22.6 Å². The Hall–Kier alpha value is -3.99. The highest BCUT2D eigenvalue weighted by Gasteiger charge is 2.34. The van der Waals surface area contributed by atoms with Crippen molar-refractivity contribution in [3.63, 3.8) is 0 Å². The molecule has 3 N–H and O–H groups in total. The Kier molecular flexibility index (Phi) is 7.75. The van der Waals surface area contributed by atoms with Gasteiger partial charge in [-0.15, -0.1) is 0 Å². The van der Waals surface area contributed by atoms with Gasteiger partial charge in [0.1, 0.15) is 17.6 Å². The quantitative estimate of drug-likeness (QED) is 0.396. The maximum atomic E-state index is 15.2. The molecule has 212 valence electrons. The zero-order valence-electron chi connectivity index (χ0n) is 22.6. The van der Waals surface area contributed by atoms with Crippen LogP contribution in [0.4, 0.5) is 4.39 Å². The molecule has 5 rings (SSSR count). The van der Waals surface area contributed by atoms with Crippen LogP contribution in [-0.4, -0.2) is 73.7 Å². The topological polar surface area (TPSA) is 133 Å².